The maximum atomic E-state index is 3.08. The van der Waals surface area contributed by atoms with Gasteiger partial charge in [0.15, 0.2) is 0 Å². The van der Waals surface area contributed by atoms with Gasteiger partial charge in [0.1, 0.15) is 12.1 Å². The maximum Gasteiger partial charge on any atom is 0.125 e. The Morgan fingerprint density at radius 3 is 2.78 bits per heavy atom. The maximum absolute atomic E-state index is 3.08. The fourth-order valence-corrected chi connectivity index (χ4v) is 1.48. The molecule has 0 aromatic heterocycles. The molecule has 0 spiro atoms. The molecular formula is C7H4N2. The predicted molar refractivity (Wildman–Crippen MR) is 31.9 cm³/mol. The predicted octanol–water partition coefficient (Wildman–Crippen LogP) is -1.05. The van der Waals surface area contributed by atoms with Gasteiger partial charge in [0.05, 0.1) is 6.04 Å². The van der Waals surface area contributed by atoms with Crippen LogP contribution in [0, 0.1) is 23.9 Å². The molecule has 2 heteroatoms. The second-order valence-electron chi connectivity index (χ2n) is 2.49. The van der Waals surface area contributed by atoms with Crippen molar-refractivity contribution >= 4 is 0 Å². The van der Waals surface area contributed by atoms with Crippen molar-refractivity contribution in [2.24, 2.45) is 0 Å². The molecule has 42 valence electrons. The molecule has 0 aromatic carbocycles. The van der Waals surface area contributed by atoms with E-state index >= 15 is 0 Å². The molecular weight excluding hydrogens is 112 g/mol. The van der Waals surface area contributed by atoms with E-state index < -0.39 is 0 Å². The molecule has 3 heterocycles. The molecule has 1 fully saturated rings. The Balaban J connectivity index is 2.05. The fourth-order valence-electron chi connectivity index (χ4n) is 1.48. The van der Waals surface area contributed by atoms with E-state index in [1.165, 1.54) is 0 Å². The molecule has 0 amide bonds. The molecule has 3 atom stereocenters. The molecule has 1 saturated heterocycles. The molecule has 3 rings (SSSR count). The minimum Gasteiger partial charge on any atom is -0.337 e. The van der Waals surface area contributed by atoms with E-state index in [2.05, 4.69) is 34.1 Å². The first-order valence-electron chi connectivity index (χ1n) is 3.02. The summed E-state index contributed by atoms with van der Waals surface area (Å²) < 4.78 is 0. The van der Waals surface area contributed by atoms with Gasteiger partial charge in [-0.15, -0.1) is 0 Å². The average molecular weight is 116 g/mol. The first kappa shape index (κ1) is 3.69. The van der Waals surface area contributed by atoms with Crippen LogP contribution in [-0.2, 0) is 0 Å². The summed E-state index contributed by atoms with van der Waals surface area (Å²) >= 11 is 0. The number of nitrogens with one attached hydrogen (secondary N) is 1. The van der Waals surface area contributed by atoms with Gasteiger partial charge in [0.25, 0.3) is 0 Å². The van der Waals surface area contributed by atoms with Gasteiger partial charge < -0.3 is 5.32 Å². The molecule has 0 aliphatic carbocycles. The van der Waals surface area contributed by atoms with Gasteiger partial charge in [-0.1, -0.05) is 11.8 Å². The fraction of sp³-hybridized carbons (Fsp3) is 0.429. The average Bonchev–Trinajstić information content (AvgIpc) is 2.13. The lowest BCUT2D eigenvalue weighted by Gasteiger charge is -2.49. The van der Waals surface area contributed by atoms with Gasteiger partial charge in [-0.25, -0.2) is 0 Å². The van der Waals surface area contributed by atoms with Crippen molar-refractivity contribution < 1.29 is 0 Å². The summed E-state index contributed by atoms with van der Waals surface area (Å²) in [6.45, 7) is 0. The second kappa shape index (κ2) is 0.890. The van der Waals surface area contributed by atoms with Crippen LogP contribution in [0.4, 0.5) is 0 Å². The monoisotopic (exact) mass is 116 g/mol. The molecule has 0 saturated carbocycles. The highest BCUT2D eigenvalue weighted by Gasteiger charge is 2.51. The van der Waals surface area contributed by atoms with Gasteiger partial charge in [0, 0.05) is 12.1 Å². The van der Waals surface area contributed by atoms with Gasteiger partial charge in [-0.3, -0.25) is 4.90 Å². The molecule has 0 aromatic rings. The Morgan fingerprint density at radius 2 is 2.11 bits per heavy atom. The van der Waals surface area contributed by atoms with E-state index in [9.17, 15) is 0 Å². The van der Waals surface area contributed by atoms with Crippen molar-refractivity contribution in [3.05, 3.63) is 0 Å². The molecule has 9 heavy (non-hydrogen) atoms. The first-order chi connectivity index (χ1) is 4.47. The highest BCUT2D eigenvalue weighted by Crippen LogP contribution is 2.30. The van der Waals surface area contributed by atoms with E-state index in [-0.39, 0.29) is 0 Å². The normalized spacial score (nSPS) is 45.3. The van der Waals surface area contributed by atoms with Crippen molar-refractivity contribution in [1.82, 2.24) is 10.2 Å². The van der Waals surface area contributed by atoms with Gasteiger partial charge in [-0.05, 0) is 0 Å². The largest absolute Gasteiger partial charge is 0.337 e. The van der Waals surface area contributed by atoms with Crippen molar-refractivity contribution in [3.8, 4) is 23.9 Å². The van der Waals surface area contributed by atoms with Crippen molar-refractivity contribution in [3.63, 3.8) is 0 Å². The zero-order valence-corrected chi connectivity index (χ0v) is 4.68. The topological polar surface area (TPSA) is 15.3 Å². The number of fused-ring (bicyclic) bond motifs is 4. The summed E-state index contributed by atoms with van der Waals surface area (Å²) in [5.41, 5.74) is 0. The lowest BCUT2D eigenvalue weighted by molar-refractivity contribution is 0.101. The minimum absolute atomic E-state index is 0.413. The molecule has 0 bridgehead atoms. The number of hydrogen-bond donors (Lipinski definition) is 1. The third-order valence-corrected chi connectivity index (χ3v) is 2.08. The number of hydrogen-bond acceptors (Lipinski definition) is 2. The molecule has 3 aliphatic rings. The van der Waals surface area contributed by atoms with Crippen LogP contribution in [0.15, 0.2) is 0 Å². The van der Waals surface area contributed by atoms with E-state index in [0.29, 0.717) is 18.1 Å². The van der Waals surface area contributed by atoms with Crippen molar-refractivity contribution in [1.29, 1.82) is 0 Å². The highest BCUT2D eigenvalue weighted by atomic mass is 15.3. The highest BCUT2D eigenvalue weighted by molar-refractivity contribution is 5.42. The lowest BCUT2D eigenvalue weighted by atomic mass is 9.86. The molecule has 1 N–H and O–H groups in total. The Kier molecular flexibility index (Phi) is 0.365. The molecule has 0 radical (unpaired) electrons. The van der Waals surface area contributed by atoms with E-state index in [4.69, 9.17) is 0 Å². The van der Waals surface area contributed by atoms with E-state index in [1.807, 2.05) is 0 Å². The van der Waals surface area contributed by atoms with Crippen LogP contribution in [0.1, 0.15) is 0 Å². The Labute approximate surface area is 53.2 Å². The summed E-state index contributed by atoms with van der Waals surface area (Å²) in [6.07, 6.45) is 0. The summed E-state index contributed by atoms with van der Waals surface area (Å²) in [5, 5.41) is 3.08. The van der Waals surface area contributed by atoms with Gasteiger partial charge in [0.2, 0.25) is 0 Å². The summed E-state index contributed by atoms with van der Waals surface area (Å²) in [5.74, 6) is 6.10. The van der Waals surface area contributed by atoms with Crippen LogP contribution in [0.5, 0.6) is 0 Å². The molecule has 3 unspecified atom stereocenters. The summed E-state index contributed by atoms with van der Waals surface area (Å²) in [6, 6.07) is 7.21. The summed E-state index contributed by atoms with van der Waals surface area (Å²) in [7, 11) is 0. The molecule has 2 nitrogen and oxygen atoms in total. The third-order valence-electron chi connectivity index (χ3n) is 2.08. The van der Waals surface area contributed by atoms with Crippen LogP contribution >= 0.6 is 0 Å². The van der Waals surface area contributed by atoms with Gasteiger partial charge in [-0.2, -0.15) is 0 Å². The zero-order valence-electron chi connectivity index (χ0n) is 4.68. The lowest BCUT2D eigenvalue weighted by Crippen LogP contribution is -2.70. The Hall–Kier alpha value is -1.28. The quantitative estimate of drug-likeness (QED) is 0.406. The van der Waals surface area contributed by atoms with Crippen molar-refractivity contribution in [2.75, 3.05) is 0 Å². The van der Waals surface area contributed by atoms with Gasteiger partial charge >= 0.3 is 0 Å². The van der Waals surface area contributed by atoms with Crippen LogP contribution in [0.25, 0.3) is 0 Å². The van der Waals surface area contributed by atoms with Crippen LogP contribution in [0.3, 0.4) is 0 Å². The number of rotatable bonds is 0. The van der Waals surface area contributed by atoms with Crippen molar-refractivity contribution in [2.45, 2.75) is 18.1 Å². The second-order valence-corrected chi connectivity index (χ2v) is 2.49. The van der Waals surface area contributed by atoms with Crippen LogP contribution in [-0.4, -0.2) is 23.0 Å². The first-order valence-corrected chi connectivity index (χ1v) is 3.02. The number of nitrogens with zero attached hydrogens (tertiary/aromatic N) is 1. The smallest absolute Gasteiger partial charge is 0.125 e. The third kappa shape index (κ3) is 0.226. The van der Waals surface area contributed by atoms with E-state index in [1.54, 1.807) is 0 Å². The Morgan fingerprint density at radius 1 is 1.22 bits per heavy atom. The van der Waals surface area contributed by atoms with Crippen LogP contribution < -0.4 is 5.32 Å². The SMILES string of the molecule is C1#CC2C(N1)C1C#CN21. The minimum atomic E-state index is 0.413. The molecule has 3 aliphatic heterocycles. The standard InChI is InChI=1S/C7H4N2/c1-3-8-7-5(1)9-4-2-6(7)9/h5-8H. The summed E-state index contributed by atoms with van der Waals surface area (Å²) in [4.78, 5) is 2.11. The Bertz CT molecular complexity index is 286. The zero-order chi connectivity index (χ0) is 5.84. The van der Waals surface area contributed by atoms with E-state index in [0.717, 1.165) is 0 Å². The van der Waals surface area contributed by atoms with Crippen LogP contribution in [0.2, 0.25) is 0 Å².